The number of nitrogens with two attached hydrogens (primary N) is 2. The van der Waals surface area contributed by atoms with Crippen molar-refractivity contribution in [3.8, 4) is 0 Å². The number of carboxylic acid groups (broad SMARTS) is 2. The molecule has 0 aromatic carbocycles. The van der Waals surface area contributed by atoms with Crippen molar-refractivity contribution < 1.29 is 34.2 Å². The summed E-state index contributed by atoms with van der Waals surface area (Å²) in [7, 11) is 0. The Morgan fingerprint density at radius 2 is 1.48 bits per heavy atom. The summed E-state index contributed by atoms with van der Waals surface area (Å²) in [6, 6.07) is -4.86. The van der Waals surface area contributed by atoms with Gasteiger partial charge in [-0.2, -0.15) is 12.6 Å². The van der Waals surface area contributed by atoms with Crippen molar-refractivity contribution in [1.29, 1.82) is 0 Å². The Labute approximate surface area is 186 Å². The normalized spacial score (nSPS) is 14.8. The molecule has 3 amide bonds. The van der Waals surface area contributed by atoms with Crippen LogP contribution in [-0.4, -0.2) is 76.3 Å². The molecule has 0 saturated carbocycles. The monoisotopic (exact) mass is 463 g/mol. The topological polar surface area (TPSA) is 214 Å². The number of hydrogen-bond acceptors (Lipinski definition) is 8. The Morgan fingerprint density at radius 3 is 1.94 bits per heavy atom. The van der Waals surface area contributed by atoms with Crippen molar-refractivity contribution in [3.05, 3.63) is 0 Å². The highest BCUT2D eigenvalue weighted by Crippen LogP contribution is 2.06. The third kappa shape index (κ3) is 11.0. The second-order valence-corrected chi connectivity index (χ2v) is 7.73. The largest absolute Gasteiger partial charge is 0.481 e. The lowest BCUT2D eigenvalue weighted by atomic mass is 10.0. The van der Waals surface area contributed by atoms with Crippen LogP contribution in [0.1, 0.15) is 39.5 Å². The quantitative estimate of drug-likeness (QED) is 0.0998. The SMILES string of the molecule is CC(C)C(NC(=O)C(N)CS)C(=O)NC(CC(=O)O)C(=O)NC(CCCCN)C(=O)O. The smallest absolute Gasteiger partial charge is 0.326 e. The first-order chi connectivity index (χ1) is 14.4. The van der Waals surface area contributed by atoms with Crippen LogP contribution in [0.2, 0.25) is 0 Å². The maximum absolute atomic E-state index is 12.7. The van der Waals surface area contributed by atoms with Gasteiger partial charge in [-0.1, -0.05) is 13.8 Å². The summed E-state index contributed by atoms with van der Waals surface area (Å²) < 4.78 is 0. The summed E-state index contributed by atoms with van der Waals surface area (Å²) >= 11 is 3.92. The van der Waals surface area contributed by atoms with E-state index in [1.807, 2.05) is 0 Å². The Kier molecular flexibility index (Phi) is 13.5. The van der Waals surface area contributed by atoms with Crippen molar-refractivity contribution in [2.75, 3.05) is 12.3 Å². The molecule has 0 aliphatic heterocycles. The average molecular weight is 464 g/mol. The van der Waals surface area contributed by atoms with Crippen molar-refractivity contribution in [3.63, 3.8) is 0 Å². The minimum Gasteiger partial charge on any atom is -0.481 e. The summed E-state index contributed by atoms with van der Waals surface area (Å²) in [5.74, 6) is -5.43. The minimum absolute atomic E-state index is 0.0447. The summed E-state index contributed by atoms with van der Waals surface area (Å²) in [5.41, 5.74) is 11.0. The van der Waals surface area contributed by atoms with Gasteiger partial charge in [0.05, 0.1) is 12.5 Å². The standard InChI is InChI=1S/C18H33N5O7S/c1-9(2)14(23-15(26)10(20)8-31)17(28)22-12(7-13(24)25)16(27)21-11(18(29)30)5-3-4-6-19/h9-12,14,31H,3-8,19-20H2,1-2H3,(H,21,27)(H,22,28)(H,23,26)(H,24,25)(H,29,30). The highest BCUT2D eigenvalue weighted by atomic mass is 32.1. The molecule has 13 heteroatoms. The molecule has 9 N–H and O–H groups in total. The van der Waals surface area contributed by atoms with Crippen LogP contribution >= 0.6 is 12.6 Å². The second-order valence-electron chi connectivity index (χ2n) is 7.36. The van der Waals surface area contributed by atoms with Gasteiger partial charge in [-0.25, -0.2) is 4.79 Å². The van der Waals surface area contributed by atoms with Gasteiger partial charge in [0.15, 0.2) is 0 Å². The number of carbonyl (C=O) groups excluding carboxylic acids is 3. The van der Waals surface area contributed by atoms with Gasteiger partial charge in [0.2, 0.25) is 17.7 Å². The Hall–Kier alpha value is -2.38. The predicted octanol–water partition coefficient (Wildman–Crippen LogP) is -1.96. The number of carbonyl (C=O) groups is 5. The van der Waals surface area contributed by atoms with Crippen LogP contribution in [0.25, 0.3) is 0 Å². The van der Waals surface area contributed by atoms with Gasteiger partial charge in [-0.05, 0) is 31.7 Å². The zero-order valence-electron chi connectivity index (χ0n) is 17.7. The van der Waals surface area contributed by atoms with Gasteiger partial charge >= 0.3 is 11.9 Å². The number of thiol groups is 1. The van der Waals surface area contributed by atoms with E-state index in [4.69, 9.17) is 16.6 Å². The number of unbranched alkanes of at least 4 members (excludes halogenated alkanes) is 1. The molecular formula is C18H33N5O7S. The van der Waals surface area contributed by atoms with E-state index in [-0.39, 0.29) is 12.2 Å². The lowest BCUT2D eigenvalue weighted by molar-refractivity contribution is -0.144. The Balaban J connectivity index is 5.36. The first-order valence-corrected chi connectivity index (χ1v) is 10.5. The number of hydrogen-bond donors (Lipinski definition) is 8. The second kappa shape index (κ2) is 14.6. The fourth-order valence-corrected chi connectivity index (χ4v) is 2.71. The van der Waals surface area contributed by atoms with E-state index in [0.717, 1.165) is 0 Å². The van der Waals surface area contributed by atoms with Gasteiger partial charge in [-0.3, -0.25) is 19.2 Å². The average Bonchev–Trinajstić information content (AvgIpc) is 2.68. The maximum atomic E-state index is 12.7. The third-order valence-corrected chi connectivity index (χ3v) is 4.75. The molecule has 4 atom stereocenters. The van der Waals surface area contributed by atoms with Gasteiger partial charge in [-0.15, -0.1) is 0 Å². The van der Waals surface area contributed by atoms with Crippen molar-refractivity contribution in [2.24, 2.45) is 17.4 Å². The van der Waals surface area contributed by atoms with Crippen molar-refractivity contribution in [1.82, 2.24) is 16.0 Å². The van der Waals surface area contributed by atoms with Crippen molar-refractivity contribution >= 4 is 42.3 Å². The molecular weight excluding hydrogens is 430 g/mol. The molecule has 0 aliphatic carbocycles. The summed E-state index contributed by atoms with van der Waals surface area (Å²) in [4.78, 5) is 59.8. The number of amides is 3. The molecule has 0 bridgehead atoms. The van der Waals surface area contributed by atoms with Crippen LogP contribution in [0.15, 0.2) is 0 Å². The van der Waals surface area contributed by atoms with Gasteiger partial charge in [0.25, 0.3) is 0 Å². The molecule has 0 aromatic rings. The number of rotatable bonds is 15. The maximum Gasteiger partial charge on any atom is 0.326 e. The van der Waals surface area contributed by atoms with E-state index in [1.165, 1.54) is 0 Å². The lowest BCUT2D eigenvalue weighted by Gasteiger charge is -2.26. The van der Waals surface area contributed by atoms with E-state index in [9.17, 15) is 29.1 Å². The number of nitrogens with one attached hydrogen (secondary N) is 3. The molecule has 4 unspecified atom stereocenters. The molecule has 0 saturated heterocycles. The van der Waals surface area contributed by atoms with Crippen LogP contribution in [0.4, 0.5) is 0 Å². The Bertz CT molecular complexity index is 647. The first kappa shape index (κ1) is 28.6. The summed E-state index contributed by atoms with van der Waals surface area (Å²) in [6.07, 6.45) is 0.315. The highest BCUT2D eigenvalue weighted by Gasteiger charge is 2.32. The van der Waals surface area contributed by atoms with E-state index in [1.54, 1.807) is 13.8 Å². The third-order valence-electron chi connectivity index (χ3n) is 4.35. The predicted molar refractivity (Wildman–Crippen MR) is 115 cm³/mol. The summed E-state index contributed by atoms with van der Waals surface area (Å²) in [5, 5.41) is 25.4. The number of aliphatic carboxylic acids is 2. The minimum atomic E-state index is -1.54. The fraction of sp³-hybridized carbons (Fsp3) is 0.722. The first-order valence-electron chi connectivity index (χ1n) is 9.86. The molecule has 0 radical (unpaired) electrons. The van der Waals surface area contributed by atoms with E-state index in [2.05, 4.69) is 28.6 Å². The van der Waals surface area contributed by atoms with E-state index in [0.29, 0.717) is 19.4 Å². The van der Waals surface area contributed by atoms with E-state index >= 15 is 0 Å². The van der Waals surface area contributed by atoms with Gasteiger partial charge in [0, 0.05) is 5.75 Å². The molecule has 0 rings (SSSR count). The molecule has 0 fully saturated rings. The molecule has 0 spiro atoms. The highest BCUT2D eigenvalue weighted by molar-refractivity contribution is 7.80. The molecule has 0 aliphatic rings. The summed E-state index contributed by atoms with van der Waals surface area (Å²) in [6.45, 7) is 3.64. The fourth-order valence-electron chi connectivity index (χ4n) is 2.55. The molecule has 0 aromatic heterocycles. The molecule has 0 heterocycles. The molecule has 178 valence electrons. The van der Waals surface area contributed by atoms with E-state index < -0.39 is 66.2 Å². The van der Waals surface area contributed by atoms with Gasteiger partial charge in [0.1, 0.15) is 18.1 Å². The van der Waals surface area contributed by atoms with Crippen LogP contribution in [-0.2, 0) is 24.0 Å². The van der Waals surface area contributed by atoms with Crippen LogP contribution in [0, 0.1) is 5.92 Å². The lowest BCUT2D eigenvalue weighted by Crippen LogP contribution is -2.58. The zero-order valence-corrected chi connectivity index (χ0v) is 18.6. The molecule has 31 heavy (non-hydrogen) atoms. The molecule has 12 nitrogen and oxygen atoms in total. The zero-order chi connectivity index (χ0) is 24.1. The number of carboxylic acids is 2. The van der Waals surface area contributed by atoms with Crippen LogP contribution < -0.4 is 27.4 Å². The Morgan fingerprint density at radius 1 is 0.903 bits per heavy atom. The van der Waals surface area contributed by atoms with Gasteiger partial charge < -0.3 is 37.6 Å². The van der Waals surface area contributed by atoms with Crippen LogP contribution in [0.5, 0.6) is 0 Å². The van der Waals surface area contributed by atoms with Crippen LogP contribution in [0.3, 0.4) is 0 Å². The van der Waals surface area contributed by atoms with Crippen molar-refractivity contribution in [2.45, 2.75) is 63.7 Å².